The molecule has 2 bridgehead atoms. The third-order valence-electron chi connectivity index (χ3n) is 7.01. The molecule has 0 spiro atoms. The largest absolute Gasteiger partial charge is 0.496 e. The summed E-state index contributed by atoms with van der Waals surface area (Å²) in [6, 6.07) is 27.9. The van der Waals surface area contributed by atoms with Gasteiger partial charge in [0.25, 0.3) is 0 Å². The number of hydrogen-bond acceptors (Lipinski definition) is 4. The lowest BCUT2D eigenvalue weighted by molar-refractivity contribution is 0.0126. The molecular weight excluding hydrogens is 396 g/mol. The molecule has 0 amide bonds. The van der Waals surface area contributed by atoms with E-state index < -0.39 is 0 Å². The highest BCUT2D eigenvalue weighted by Gasteiger charge is 2.41. The molecule has 3 saturated heterocycles. The second-order valence-corrected chi connectivity index (χ2v) is 8.93. The summed E-state index contributed by atoms with van der Waals surface area (Å²) >= 11 is 0. The van der Waals surface area contributed by atoms with Gasteiger partial charge in [0.1, 0.15) is 17.2 Å². The Labute approximate surface area is 191 Å². The van der Waals surface area contributed by atoms with Crippen LogP contribution in [-0.2, 0) is 13.0 Å². The first-order chi connectivity index (χ1) is 15.8. The van der Waals surface area contributed by atoms with Crippen LogP contribution < -0.4 is 14.8 Å². The lowest BCUT2D eigenvalue weighted by atomic mass is 9.76. The lowest BCUT2D eigenvalue weighted by Crippen LogP contribution is -2.63. The standard InChI is InChI=1S/C28H32N2O2/c1-31-27-13-6-5-9-23(27)20-29-28-22-14-16-30(17-15-22)26(28)19-21-8-7-12-25(18-21)32-24-10-3-2-4-11-24/h2-13,18,22,26,28-29H,14-17,19-20H2,1H3. The zero-order chi connectivity index (χ0) is 21.8. The van der Waals surface area contributed by atoms with E-state index in [0.717, 1.165) is 36.1 Å². The summed E-state index contributed by atoms with van der Waals surface area (Å²) in [5.74, 6) is 3.48. The van der Waals surface area contributed by atoms with Crippen LogP contribution in [0.5, 0.6) is 17.2 Å². The molecule has 3 fully saturated rings. The first-order valence-electron chi connectivity index (χ1n) is 11.7. The summed E-state index contributed by atoms with van der Waals surface area (Å²) < 4.78 is 11.7. The molecule has 3 aliphatic rings. The smallest absolute Gasteiger partial charge is 0.127 e. The van der Waals surface area contributed by atoms with Gasteiger partial charge in [0.15, 0.2) is 0 Å². The highest BCUT2D eigenvalue weighted by atomic mass is 16.5. The molecule has 4 heteroatoms. The number of piperidine rings is 3. The van der Waals surface area contributed by atoms with Gasteiger partial charge in [0, 0.05) is 24.2 Å². The molecule has 2 atom stereocenters. The number of ether oxygens (including phenoxy) is 2. The van der Waals surface area contributed by atoms with Gasteiger partial charge in [-0.15, -0.1) is 0 Å². The first kappa shape index (κ1) is 21.0. The molecule has 3 aromatic rings. The number of nitrogens with one attached hydrogen (secondary N) is 1. The van der Waals surface area contributed by atoms with E-state index in [4.69, 9.17) is 9.47 Å². The third-order valence-corrected chi connectivity index (χ3v) is 7.01. The third kappa shape index (κ3) is 4.67. The molecule has 3 aliphatic heterocycles. The lowest BCUT2D eigenvalue weighted by Gasteiger charge is -2.51. The van der Waals surface area contributed by atoms with E-state index in [-0.39, 0.29) is 0 Å². The van der Waals surface area contributed by atoms with E-state index in [9.17, 15) is 0 Å². The Balaban J connectivity index is 1.30. The number of nitrogens with zero attached hydrogens (tertiary/aromatic N) is 1. The van der Waals surface area contributed by atoms with Crippen molar-refractivity contribution >= 4 is 0 Å². The summed E-state index contributed by atoms with van der Waals surface area (Å²) in [5.41, 5.74) is 2.56. The minimum Gasteiger partial charge on any atom is -0.496 e. The van der Waals surface area contributed by atoms with Crippen molar-refractivity contribution in [2.45, 2.75) is 37.9 Å². The Hall–Kier alpha value is -2.82. The Bertz CT molecular complexity index is 1010. The van der Waals surface area contributed by atoms with Crippen LogP contribution in [0.1, 0.15) is 24.0 Å². The van der Waals surface area contributed by atoms with Gasteiger partial charge in [-0.1, -0.05) is 48.5 Å². The minimum absolute atomic E-state index is 0.487. The summed E-state index contributed by atoms with van der Waals surface area (Å²) in [4.78, 5) is 2.69. The minimum atomic E-state index is 0.487. The van der Waals surface area contributed by atoms with Crippen LogP contribution in [0.15, 0.2) is 78.9 Å². The number of fused-ring (bicyclic) bond motifs is 3. The van der Waals surface area contributed by atoms with Crippen LogP contribution in [0.4, 0.5) is 0 Å². The van der Waals surface area contributed by atoms with Gasteiger partial charge in [-0.3, -0.25) is 4.90 Å². The molecule has 32 heavy (non-hydrogen) atoms. The molecule has 2 unspecified atom stereocenters. The average Bonchev–Trinajstić information content (AvgIpc) is 2.85. The van der Waals surface area contributed by atoms with Gasteiger partial charge in [-0.25, -0.2) is 0 Å². The highest BCUT2D eigenvalue weighted by molar-refractivity contribution is 5.35. The molecule has 0 radical (unpaired) electrons. The fourth-order valence-electron chi connectivity index (χ4n) is 5.39. The normalized spacial score (nSPS) is 24.3. The van der Waals surface area contributed by atoms with E-state index in [1.807, 2.05) is 48.5 Å². The second-order valence-electron chi connectivity index (χ2n) is 8.93. The zero-order valence-electron chi connectivity index (χ0n) is 18.7. The van der Waals surface area contributed by atoms with E-state index in [1.54, 1.807) is 7.11 Å². The summed E-state index contributed by atoms with van der Waals surface area (Å²) in [6.45, 7) is 3.26. The van der Waals surface area contributed by atoms with Gasteiger partial charge < -0.3 is 14.8 Å². The number of methoxy groups -OCH3 is 1. The van der Waals surface area contributed by atoms with Gasteiger partial charge in [0.2, 0.25) is 0 Å². The first-order valence-corrected chi connectivity index (χ1v) is 11.7. The maximum Gasteiger partial charge on any atom is 0.127 e. The van der Waals surface area contributed by atoms with Gasteiger partial charge in [-0.2, -0.15) is 0 Å². The van der Waals surface area contributed by atoms with Crippen LogP contribution in [0.25, 0.3) is 0 Å². The number of rotatable bonds is 8. The maximum atomic E-state index is 6.08. The summed E-state index contributed by atoms with van der Waals surface area (Å²) in [6.07, 6.45) is 3.61. The number of benzene rings is 3. The van der Waals surface area contributed by atoms with E-state index >= 15 is 0 Å². The van der Waals surface area contributed by atoms with Gasteiger partial charge in [-0.05, 0) is 74.2 Å². The predicted molar refractivity (Wildman–Crippen MR) is 128 cm³/mol. The Morgan fingerprint density at radius 3 is 2.44 bits per heavy atom. The van der Waals surface area contributed by atoms with Crippen molar-refractivity contribution in [1.82, 2.24) is 10.2 Å². The molecule has 0 aromatic heterocycles. The van der Waals surface area contributed by atoms with Crippen LogP contribution in [0.2, 0.25) is 0 Å². The summed E-state index contributed by atoms with van der Waals surface area (Å²) in [7, 11) is 1.75. The molecule has 3 aromatic carbocycles. The number of para-hydroxylation sites is 2. The van der Waals surface area contributed by atoms with Gasteiger partial charge >= 0.3 is 0 Å². The fraction of sp³-hybridized carbons (Fsp3) is 0.357. The second kappa shape index (κ2) is 9.76. The van der Waals surface area contributed by atoms with Crippen LogP contribution in [-0.4, -0.2) is 37.2 Å². The van der Waals surface area contributed by atoms with Crippen molar-refractivity contribution in [3.05, 3.63) is 90.0 Å². The Morgan fingerprint density at radius 2 is 1.62 bits per heavy atom. The molecule has 6 rings (SSSR count). The van der Waals surface area contributed by atoms with Gasteiger partial charge in [0.05, 0.1) is 7.11 Å². The van der Waals surface area contributed by atoms with Crippen molar-refractivity contribution in [2.75, 3.05) is 20.2 Å². The van der Waals surface area contributed by atoms with Crippen molar-refractivity contribution in [2.24, 2.45) is 5.92 Å². The van der Waals surface area contributed by atoms with E-state index in [2.05, 4.69) is 40.5 Å². The topological polar surface area (TPSA) is 33.7 Å². The molecule has 0 aliphatic carbocycles. The van der Waals surface area contributed by atoms with E-state index in [1.165, 1.54) is 37.1 Å². The molecular formula is C28H32N2O2. The van der Waals surface area contributed by atoms with Crippen LogP contribution in [0.3, 0.4) is 0 Å². The molecule has 3 heterocycles. The molecule has 0 saturated carbocycles. The van der Waals surface area contributed by atoms with Crippen molar-refractivity contribution in [3.8, 4) is 17.2 Å². The monoisotopic (exact) mass is 428 g/mol. The van der Waals surface area contributed by atoms with Crippen molar-refractivity contribution < 1.29 is 9.47 Å². The predicted octanol–water partition coefficient (Wildman–Crippen LogP) is 5.28. The number of hydrogen-bond donors (Lipinski definition) is 1. The van der Waals surface area contributed by atoms with Crippen molar-refractivity contribution in [1.29, 1.82) is 0 Å². The fourth-order valence-corrected chi connectivity index (χ4v) is 5.39. The molecule has 1 N–H and O–H groups in total. The van der Waals surface area contributed by atoms with Crippen LogP contribution >= 0.6 is 0 Å². The van der Waals surface area contributed by atoms with Crippen LogP contribution in [0, 0.1) is 5.92 Å². The van der Waals surface area contributed by atoms with Crippen molar-refractivity contribution in [3.63, 3.8) is 0 Å². The maximum absolute atomic E-state index is 6.08. The molecule has 166 valence electrons. The van der Waals surface area contributed by atoms with E-state index in [0.29, 0.717) is 12.1 Å². The zero-order valence-corrected chi connectivity index (χ0v) is 18.7. The SMILES string of the molecule is COc1ccccc1CNC1C2CCN(CC2)C1Cc1cccc(Oc2ccccc2)c1. The Morgan fingerprint density at radius 1 is 0.875 bits per heavy atom. The summed E-state index contributed by atoms with van der Waals surface area (Å²) in [5, 5.41) is 3.92. The molecule has 4 nitrogen and oxygen atoms in total. The highest BCUT2D eigenvalue weighted by Crippen LogP contribution is 2.35. The quantitative estimate of drug-likeness (QED) is 0.529. The average molecular weight is 429 g/mol. The Kier molecular flexibility index (Phi) is 6.42.